The van der Waals surface area contributed by atoms with E-state index in [1.165, 1.54) is 12.3 Å². The van der Waals surface area contributed by atoms with Crippen molar-refractivity contribution in [3.8, 4) is 16.9 Å². The summed E-state index contributed by atoms with van der Waals surface area (Å²) >= 11 is 0. The van der Waals surface area contributed by atoms with Gasteiger partial charge in [0.1, 0.15) is 11.5 Å². The largest absolute Gasteiger partial charge is 0.623 e. The summed E-state index contributed by atoms with van der Waals surface area (Å²) < 4.78 is 29.7. The molecule has 0 saturated heterocycles. The zero-order valence-electron chi connectivity index (χ0n) is 17.8. The number of benzene rings is 3. The molecule has 162 valence electrons. The van der Waals surface area contributed by atoms with Crippen molar-refractivity contribution in [3.05, 3.63) is 99.5 Å². The first-order valence-electron chi connectivity index (χ1n) is 10.0. The summed E-state index contributed by atoms with van der Waals surface area (Å²) in [5.41, 5.74) is 0.472. The molecule has 0 bridgehead atoms. The van der Waals surface area contributed by atoms with Gasteiger partial charge in [-0.15, -0.1) is 0 Å². The summed E-state index contributed by atoms with van der Waals surface area (Å²) in [5, 5.41) is 17.7. The molecule has 0 atom stereocenters. The molecule has 4 aromatic rings. The summed E-state index contributed by atoms with van der Waals surface area (Å²) in [6.07, 6.45) is 1.49. The number of aromatic nitrogens is 2. The van der Waals surface area contributed by atoms with E-state index in [0.717, 1.165) is 15.5 Å². The second kappa shape index (κ2) is 8.00. The maximum Gasteiger partial charge on any atom is 0.279 e. The van der Waals surface area contributed by atoms with Crippen LogP contribution in [0.4, 0.5) is 8.78 Å². The van der Waals surface area contributed by atoms with Gasteiger partial charge < -0.3 is 5.21 Å². The van der Waals surface area contributed by atoms with Crippen molar-refractivity contribution in [2.45, 2.75) is 26.3 Å². The Labute approximate surface area is 183 Å². The van der Waals surface area contributed by atoms with E-state index in [0.29, 0.717) is 33.7 Å². The molecule has 0 aliphatic carbocycles. The van der Waals surface area contributed by atoms with Gasteiger partial charge in [-0.05, 0) is 30.3 Å². The molecule has 0 N–H and O–H groups in total. The molecule has 7 heteroatoms. The zero-order valence-corrected chi connectivity index (χ0v) is 17.8. The Hall–Kier alpha value is -3.87. The molecule has 0 aliphatic rings. The van der Waals surface area contributed by atoms with Crippen molar-refractivity contribution < 1.29 is 13.5 Å². The molecular formula is C25H21F2N3O2. The average molecular weight is 433 g/mol. The van der Waals surface area contributed by atoms with E-state index in [1.54, 1.807) is 48.5 Å². The Morgan fingerprint density at radius 1 is 0.969 bits per heavy atom. The van der Waals surface area contributed by atoms with Crippen molar-refractivity contribution in [1.29, 1.82) is 0 Å². The minimum Gasteiger partial charge on any atom is -0.623 e. The van der Waals surface area contributed by atoms with Crippen LogP contribution < -0.4 is 5.56 Å². The quantitative estimate of drug-likeness (QED) is 0.196. The van der Waals surface area contributed by atoms with Crippen LogP contribution in [-0.4, -0.2) is 26.3 Å². The minimum absolute atomic E-state index is 0.149. The molecule has 1 heterocycles. The zero-order chi connectivity index (χ0) is 23.0. The maximum absolute atomic E-state index is 14.5. The number of hydrogen-bond donors (Lipinski definition) is 0. The monoisotopic (exact) mass is 433 g/mol. The van der Waals surface area contributed by atoms with E-state index in [4.69, 9.17) is 0 Å². The van der Waals surface area contributed by atoms with Crippen LogP contribution in [0.3, 0.4) is 0 Å². The van der Waals surface area contributed by atoms with Crippen LogP contribution in [0.5, 0.6) is 0 Å². The summed E-state index contributed by atoms with van der Waals surface area (Å²) in [6.45, 7) is 5.42. The summed E-state index contributed by atoms with van der Waals surface area (Å²) in [7, 11) is 0. The molecule has 0 amide bonds. The Bertz CT molecular complexity index is 1420. The highest BCUT2D eigenvalue weighted by molar-refractivity contribution is 5.94. The number of nitrogens with zero attached hydrogens (tertiary/aromatic N) is 3. The van der Waals surface area contributed by atoms with Crippen molar-refractivity contribution >= 4 is 17.0 Å². The molecule has 32 heavy (non-hydrogen) atoms. The highest BCUT2D eigenvalue weighted by Gasteiger charge is 2.19. The lowest BCUT2D eigenvalue weighted by molar-refractivity contribution is -0.530. The number of rotatable bonds is 3. The molecule has 1 aromatic heterocycles. The van der Waals surface area contributed by atoms with Crippen molar-refractivity contribution in [3.63, 3.8) is 0 Å². The SMILES string of the molecule is CC(C)(C)[N+]([O-])=Cc1cccc(-c2nn(-c3ccc(F)cc3F)c(=O)c3ccccc23)c1. The molecule has 0 radical (unpaired) electrons. The summed E-state index contributed by atoms with van der Waals surface area (Å²) in [4.78, 5) is 13.1. The Kier molecular flexibility index (Phi) is 5.34. The lowest BCUT2D eigenvalue weighted by Gasteiger charge is -2.18. The van der Waals surface area contributed by atoms with Crippen LogP contribution in [0.2, 0.25) is 0 Å². The Morgan fingerprint density at radius 2 is 1.69 bits per heavy atom. The average Bonchev–Trinajstić information content (AvgIpc) is 2.74. The van der Waals surface area contributed by atoms with Crippen molar-refractivity contribution in [2.75, 3.05) is 0 Å². The molecular weight excluding hydrogens is 412 g/mol. The molecule has 0 saturated carbocycles. The number of fused-ring (bicyclic) bond motifs is 1. The molecule has 3 aromatic carbocycles. The highest BCUT2D eigenvalue weighted by atomic mass is 19.1. The smallest absolute Gasteiger partial charge is 0.279 e. The van der Waals surface area contributed by atoms with Gasteiger partial charge in [-0.1, -0.05) is 30.3 Å². The van der Waals surface area contributed by atoms with Crippen LogP contribution in [0, 0.1) is 16.8 Å². The third-order valence-corrected chi connectivity index (χ3v) is 5.03. The second-order valence-corrected chi connectivity index (χ2v) is 8.46. The van der Waals surface area contributed by atoms with Gasteiger partial charge >= 0.3 is 0 Å². The van der Waals surface area contributed by atoms with Crippen LogP contribution in [0.25, 0.3) is 27.7 Å². The van der Waals surface area contributed by atoms with Gasteiger partial charge in [0.15, 0.2) is 17.6 Å². The number of halogens is 2. The maximum atomic E-state index is 14.5. The fraction of sp³-hybridized carbons (Fsp3) is 0.160. The standard InChI is InChI=1S/C25H21F2N3O2/c1-25(2,3)29(32)15-16-7-6-8-17(13-16)23-19-9-4-5-10-20(19)24(31)30(28-23)22-12-11-18(26)14-21(22)27/h4-15H,1-3H3. The van der Waals surface area contributed by atoms with Gasteiger partial charge in [0.25, 0.3) is 5.56 Å². The van der Waals surface area contributed by atoms with Gasteiger partial charge in [-0.2, -0.15) is 9.78 Å². The molecule has 0 spiro atoms. The fourth-order valence-corrected chi connectivity index (χ4v) is 3.31. The van der Waals surface area contributed by atoms with Crippen molar-refractivity contribution in [1.82, 2.24) is 9.78 Å². The summed E-state index contributed by atoms with van der Waals surface area (Å²) in [5.74, 6) is -1.64. The van der Waals surface area contributed by atoms with E-state index in [-0.39, 0.29) is 5.69 Å². The fourth-order valence-electron chi connectivity index (χ4n) is 3.31. The van der Waals surface area contributed by atoms with Gasteiger partial charge in [0.2, 0.25) is 0 Å². The van der Waals surface area contributed by atoms with Crippen LogP contribution in [-0.2, 0) is 0 Å². The first-order chi connectivity index (χ1) is 15.1. The lowest BCUT2D eigenvalue weighted by atomic mass is 10.0. The second-order valence-electron chi connectivity index (χ2n) is 8.46. The predicted octanol–water partition coefficient (Wildman–Crippen LogP) is 5.06. The number of hydroxylamine groups is 1. The minimum atomic E-state index is -0.893. The lowest BCUT2D eigenvalue weighted by Crippen LogP contribution is -2.29. The van der Waals surface area contributed by atoms with Crippen LogP contribution in [0.15, 0.2) is 71.5 Å². The van der Waals surface area contributed by atoms with E-state index >= 15 is 0 Å². The number of hydrogen-bond acceptors (Lipinski definition) is 3. The van der Waals surface area contributed by atoms with Gasteiger partial charge in [0, 0.05) is 43.4 Å². The van der Waals surface area contributed by atoms with E-state index in [9.17, 15) is 18.8 Å². The molecule has 0 aliphatic heterocycles. The molecule has 5 nitrogen and oxygen atoms in total. The topological polar surface area (TPSA) is 61.0 Å². The van der Waals surface area contributed by atoms with E-state index in [2.05, 4.69) is 5.10 Å². The van der Waals surface area contributed by atoms with Gasteiger partial charge in [-0.3, -0.25) is 4.79 Å². The third-order valence-electron chi connectivity index (χ3n) is 5.03. The van der Waals surface area contributed by atoms with Crippen LogP contribution in [0.1, 0.15) is 26.3 Å². The first-order valence-corrected chi connectivity index (χ1v) is 10.0. The van der Waals surface area contributed by atoms with E-state index in [1.807, 2.05) is 20.8 Å². The van der Waals surface area contributed by atoms with Gasteiger partial charge in [0.05, 0.1) is 11.1 Å². The summed E-state index contributed by atoms with van der Waals surface area (Å²) in [6, 6.07) is 17.0. The van der Waals surface area contributed by atoms with Crippen molar-refractivity contribution in [2.24, 2.45) is 0 Å². The third kappa shape index (κ3) is 4.01. The van der Waals surface area contributed by atoms with Gasteiger partial charge in [-0.25, -0.2) is 13.5 Å². The normalized spacial score (nSPS) is 12.3. The Balaban J connectivity index is 1.97. The predicted molar refractivity (Wildman–Crippen MR) is 121 cm³/mol. The first kappa shape index (κ1) is 21.4. The highest BCUT2D eigenvalue weighted by Crippen LogP contribution is 2.26. The molecule has 0 fully saturated rings. The molecule has 0 unspecified atom stereocenters. The molecule has 4 rings (SSSR count). The van der Waals surface area contributed by atoms with E-state index < -0.39 is 22.7 Å². The van der Waals surface area contributed by atoms with Crippen LogP contribution >= 0.6 is 0 Å². The Morgan fingerprint density at radius 3 is 2.38 bits per heavy atom.